The molecular weight excluding hydrogens is 372 g/mol. The van der Waals surface area contributed by atoms with Gasteiger partial charge in [0.25, 0.3) is 0 Å². The van der Waals surface area contributed by atoms with Crippen molar-refractivity contribution < 1.29 is 23.4 Å². The van der Waals surface area contributed by atoms with Crippen molar-refractivity contribution in [3.05, 3.63) is 52.4 Å². The lowest BCUT2D eigenvalue weighted by atomic mass is 10.2. The summed E-state index contributed by atoms with van der Waals surface area (Å²) in [6.45, 7) is 5.65. The summed E-state index contributed by atoms with van der Waals surface area (Å²) in [5.41, 5.74) is 0.253. The maximum atomic E-state index is 13.0. The van der Waals surface area contributed by atoms with Crippen molar-refractivity contribution in [1.29, 1.82) is 0 Å². The Kier molecular flexibility index (Phi) is 5.60. The zero-order chi connectivity index (χ0) is 20.2. The first kappa shape index (κ1) is 19.2. The van der Waals surface area contributed by atoms with Gasteiger partial charge in [-0.15, -0.1) is 0 Å². The van der Waals surface area contributed by atoms with E-state index in [0.29, 0.717) is 59.5 Å². The highest BCUT2D eigenvalue weighted by Gasteiger charge is 2.17. The molecule has 0 aliphatic carbocycles. The van der Waals surface area contributed by atoms with Crippen molar-refractivity contribution in [3.8, 4) is 28.7 Å². The Labute approximate surface area is 169 Å². The molecule has 0 amide bonds. The molecule has 0 spiro atoms. The molecule has 0 saturated carbocycles. The molecular formula is C23H24O6. The molecule has 0 fully saturated rings. The van der Waals surface area contributed by atoms with Crippen LogP contribution >= 0.6 is 0 Å². The molecule has 4 rings (SSSR count). The van der Waals surface area contributed by atoms with E-state index >= 15 is 0 Å². The lowest BCUT2D eigenvalue weighted by Crippen LogP contribution is -2.08. The van der Waals surface area contributed by atoms with Crippen molar-refractivity contribution in [3.63, 3.8) is 0 Å². The Morgan fingerprint density at radius 3 is 2.62 bits per heavy atom. The fourth-order valence-electron chi connectivity index (χ4n) is 3.14. The summed E-state index contributed by atoms with van der Waals surface area (Å²) in [4.78, 5) is 13.0. The minimum absolute atomic E-state index is 0.159. The second-order valence-corrected chi connectivity index (χ2v) is 6.94. The van der Waals surface area contributed by atoms with Crippen LogP contribution in [-0.4, -0.2) is 19.8 Å². The van der Waals surface area contributed by atoms with Gasteiger partial charge in [0.2, 0.25) is 11.2 Å². The molecule has 0 unspecified atom stereocenters. The van der Waals surface area contributed by atoms with E-state index in [2.05, 4.69) is 6.92 Å². The van der Waals surface area contributed by atoms with Crippen molar-refractivity contribution in [2.75, 3.05) is 19.8 Å². The molecule has 29 heavy (non-hydrogen) atoms. The smallest absolute Gasteiger partial charge is 0.235 e. The Bertz CT molecular complexity index is 1070. The second kappa shape index (κ2) is 8.47. The minimum Gasteiger partial charge on any atom is -0.493 e. The predicted molar refractivity (Wildman–Crippen MR) is 110 cm³/mol. The molecule has 0 N–H and O–H groups in total. The SMILES string of the molecule is CCCCOc1ccc2c(=O)c(Oc3ccc4c(c3)OCCCO4)c(C)oc2c1. The third kappa shape index (κ3) is 4.16. The number of ether oxygens (including phenoxy) is 4. The maximum absolute atomic E-state index is 13.0. The number of hydrogen-bond acceptors (Lipinski definition) is 6. The first-order valence-electron chi connectivity index (χ1n) is 9.93. The second-order valence-electron chi connectivity index (χ2n) is 6.94. The summed E-state index contributed by atoms with van der Waals surface area (Å²) in [6.07, 6.45) is 2.86. The monoisotopic (exact) mass is 396 g/mol. The highest BCUT2D eigenvalue weighted by atomic mass is 16.5. The number of fused-ring (bicyclic) bond motifs is 2. The van der Waals surface area contributed by atoms with Crippen LogP contribution in [0.1, 0.15) is 31.9 Å². The van der Waals surface area contributed by atoms with Gasteiger partial charge in [-0.25, -0.2) is 0 Å². The molecule has 6 heteroatoms. The van der Waals surface area contributed by atoms with Gasteiger partial charge in [-0.05, 0) is 37.6 Å². The number of benzene rings is 2. The van der Waals surface area contributed by atoms with Gasteiger partial charge in [0.1, 0.15) is 22.8 Å². The molecule has 2 heterocycles. The Hall–Kier alpha value is -3.15. The first-order chi connectivity index (χ1) is 14.2. The van der Waals surface area contributed by atoms with Crippen LogP contribution in [0.3, 0.4) is 0 Å². The van der Waals surface area contributed by atoms with Crippen LogP contribution in [0, 0.1) is 6.92 Å². The van der Waals surface area contributed by atoms with Crippen molar-refractivity contribution >= 4 is 11.0 Å². The quantitative estimate of drug-likeness (QED) is 0.531. The molecule has 0 atom stereocenters. The summed E-state index contributed by atoms with van der Waals surface area (Å²) in [5.74, 6) is 3.02. The van der Waals surface area contributed by atoms with E-state index in [-0.39, 0.29) is 11.2 Å². The molecule has 0 radical (unpaired) electrons. The van der Waals surface area contributed by atoms with Gasteiger partial charge < -0.3 is 23.4 Å². The summed E-state index contributed by atoms with van der Waals surface area (Å²) < 4.78 is 28.8. The van der Waals surface area contributed by atoms with Crippen LogP contribution in [0.15, 0.2) is 45.6 Å². The standard InChI is InChI=1S/C23H24O6/c1-3-4-10-25-16-6-8-18-20(13-16)28-15(2)23(22(18)24)29-17-7-9-19-21(14-17)27-12-5-11-26-19/h6-9,13-14H,3-5,10-12H2,1-2H3. The van der Waals surface area contributed by atoms with E-state index < -0.39 is 0 Å². The fourth-order valence-corrected chi connectivity index (χ4v) is 3.14. The van der Waals surface area contributed by atoms with E-state index in [0.717, 1.165) is 19.3 Å². The molecule has 2 aromatic carbocycles. The van der Waals surface area contributed by atoms with Crippen molar-refractivity contribution in [2.24, 2.45) is 0 Å². The van der Waals surface area contributed by atoms with Crippen LogP contribution in [-0.2, 0) is 0 Å². The normalized spacial score (nSPS) is 13.2. The van der Waals surface area contributed by atoms with Gasteiger partial charge in [0.05, 0.1) is 25.2 Å². The number of unbranched alkanes of at least 4 members (excludes halogenated alkanes) is 1. The average molecular weight is 396 g/mol. The van der Waals surface area contributed by atoms with Gasteiger partial charge >= 0.3 is 0 Å². The molecule has 1 aromatic heterocycles. The van der Waals surface area contributed by atoms with E-state index in [9.17, 15) is 4.79 Å². The van der Waals surface area contributed by atoms with Crippen LogP contribution in [0.2, 0.25) is 0 Å². The lowest BCUT2D eigenvalue weighted by Gasteiger charge is -2.12. The number of aryl methyl sites for hydroxylation is 1. The van der Waals surface area contributed by atoms with Crippen LogP contribution < -0.4 is 24.4 Å². The Morgan fingerprint density at radius 2 is 1.79 bits per heavy atom. The third-order valence-corrected chi connectivity index (χ3v) is 4.69. The van der Waals surface area contributed by atoms with Gasteiger partial charge in [-0.2, -0.15) is 0 Å². The molecule has 6 nitrogen and oxygen atoms in total. The Balaban J connectivity index is 1.63. The van der Waals surface area contributed by atoms with Crippen LogP contribution in [0.4, 0.5) is 0 Å². The highest BCUT2D eigenvalue weighted by molar-refractivity contribution is 5.79. The van der Waals surface area contributed by atoms with Gasteiger partial charge in [0, 0.05) is 18.6 Å². The van der Waals surface area contributed by atoms with E-state index in [1.54, 1.807) is 43.3 Å². The van der Waals surface area contributed by atoms with Crippen molar-refractivity contribution in [1.82, 2.24) is 0 Å². The van der Waals surface area contributed by atoms with Crippen molar-refractivity contribution in [2.45, 2.75) is 33.1 Å². The highest BCUT2D eigenvalue weighted by Crippen LogP contribution is 2.35. The third-order valence-electron chi connectivity index (χ3n) is 4.69. The zero-order valence-electron chi connectivity index (χ0n) is 16.7. The van der Waals surface area contributed by atoms with E-state index in [1.807, 2.05) is 0 Å². The molecule has 0 saturated heterocycles. The fraction of sp³-hybridized carbons (Fsp3) is 0.348. The molecule has 1 aliphatic heterocycles. The number of rotatable bonds is 6. The van der Waals surface area contributed by atoms with E-state index in [1.165, 1.54) is 0 Å². The minimum atomic E-state index is -0.226. The molecule has 1 aliphatic rings. The molecule has 3 aromatic rings. The topological polar surface area (TPSA) is 67.1 Å². The van der Waals surface area contributed by atoms with E-state index in [4.69, 9.17) is 23.4 Å². The van der Waals surface area contributed by atoms with Gasteiger partial charge in [-0.1, -0.05) is 13.3 Å². The lowest BCUT2D eigenvalue weighted by molar-refractivity contribution is 0.296. The summed E-state index contributed by atoms with van der Waals surface area (Å²) in [5, 5.41) is 0.447. The summed E-state index contributed by atoms with van der Waals surface area (Å²) >= 11 is 0. The Morgan fingerprint density at radius 1 is 1.00 bits per heavy atom. The largest absolute Gasteiger partial charge is 0.493 e. The van der Waals surface area contributed by atoms with Gasteiger partial charge in [0.15, 0.2) is 11.5 Å². The first-order valence-corrected chi connectivity index (χ1v) is 9.93. The van der Waals surface area contributed by atoms with Crippen LogP contribution in [0.25, 0.3) is 11.0 Å². The van der Waals surface area contributed by atoms with Gasteiger partial charge in [-0.3, -0.25) is 4.79 Å². The number of hydrogen-bond donors (Lipinski definition) is 0. The molecule has 0 bridgehead atoms. The summed E-state index contributed by atoms with van der Waals surface area (Å²) in [7, 11) is 0. The zero-order valence-corrected chi connectivity index (χ0v) is 16.7. The molecule has 152 valence electrons. The average Bonchev–Trinajstić information content (AvgIpc) is 2.96. The summed E-state index contributed by atoms with van der Waals surface area (Å²) in [6, 6.07) is 10.5. The predicted octanol–water partition coefficient (Wildman–Crippen LogP) is 5.23. The van der Waals surface area contributed by atoms with Crippen LogP contribution in [0.5, 0.6) is 28.7 Å². The maximum Gasteiger partial charge on any atom is 0.235 e.